The van der Waals surface area contributed by atoms with Crippen molar-refractivity contribution in [3.05, 3.63) is 118 Å². The topological polar surface area (TPSA) is 74.6 Å². The minimum atomic E-state index is -3.33. The van der Waals surface area contributed by atoms with E-state index in [1.165, 1.54) is 12.1 Å². The summed E-state index contributed by atoms with van der Waals surface area (Å²) in [5.41, 5.74) is -0.0492. The van der Waals surface area contributed by atoms with E-state index in [9.17, 15) is 19.8 Å². The number of rotatable bonds is 6. The van der Waals surface area contributed by atoms with Crippen LogP contribution < -0.4 is 20.7 Å². The highest BCUT2D eigenvalue weighted by Crippen LogP contribution is 2.23. The van der Waals surface area contributed by atoms with Crippen molar-refractivity contribution in [2.45, 2.75) is 0 Å². The molecule has 0 saturated heterocycles. The standard InChI is InChI=1S/C26H18Cl2O4Si/c27-23-19(25(29)30)13-7-15-21(23)33(17-9-3-1-4-10-17,18-11-5-2-6-12-18)22-16-8-14-20(24(22)28)26(31)32/h1-16H,(H,29,30)(H,31,32). The Bertz CT molecular complexity index is 1240. The van der Waals surface area contributed by atoms with Crippen molar-refractivity contribution in [1.29, 1.82) is 0 Å². The molecule has 7 heteroatoms. The lowest BCUT2D eigenvalue weighted by atomic mass is 10.2. The van der Waals surface area contributed by atoms with Gasteiger partial charge in [0, 0.05) is 0 Å². The van der Waals surface area contributed by atoms with Gasteiger partial charge in [-0.05, 0) is 32.9 Å². The van der Waals surface area contributed by atoms with Gasteiger partial charge in [-0.25, -0.2) is 9.59 Å². The molecule has 4 rings (SSSR count). The summed E-state index contributed by atoms with van der Waals surface area (Å²) in [4.78, 5) is 23.9. The number of carboxylic acids is 2. The van der Waals surface area contributed by atoms with Gasteiger partial charge in [0.1, 0.15) is 0 Å². The Morgan fingerprint density at radius 2 is 0.909 bits per heavy atom. The van der Waals surface area contributed by atoms with Crippen LogP contribution in [0.1, 0.15) is 20.7 Å². The van der Waals surface area contributed by atoms with Gasteiger partial charge in [0.2, 0.25) is 0 Å². The number of benzene rings is 4. The summed E-state index contributed by atoms with van der Waals surface area (Å²) in [5.74, 6) is -2.28. The third-order valence-electron chi connectivity index (χ3n) is 5.68. The van der Waals surface area contributed by atoms with Gasteiger partial charge in [0.05, 0.1) is 21.2 Å². The summed E-state index contributed by atoms with van der Waals surface area (Å²) in [6.07, 6.45) is 0. The maximum absolute atomic E-state index is 11.9. The molecule has 0 spiro atoms. The lowest BCUT2D eigenvalue weighted by Crippen LogP contribution is -2.75. The smallest absolute Gasteiger partial charge is 0.337 e. The van der Waals surface area contributed by atoms with Gasteiger partial charge in [-0.15, -0.1) is 0 Å². The first-order valence-electron chi connectivity index (χ1n) is 10.0. The van der Waals surface area contributed by atoms with Crippen LogP contribution in [0.25, 0.3) is 0 Å². The molecule has 0 aliphatic heterocycles. The fourth-order valence-corrected chi connectivity index (χ4v) is 10.4. The van der Waals surface area contributed by atoms with Crippen LogP contribution in [0.4, 0.5) is 0 Å². The van der Waals surface area contributed by atoms with E-state index >= 15 is 0 Å². The predicted octanol–water partition coefficient (Wildman–Crippen LogP) is 3.77. The van der Waals surface area contributed by atoms with E-state index in [-0.39, 0.29) is 21.2 Å². The minimum Gasteiger partial charge on any atom is -0.478 e. The van der Waals surface area contributed by atoms with E-state index in [0.717, 1.165) is 10.4 Å². The quantitative estimate of drug-likeness (QED) is 0.317. The van der Waals surface area contributed by atoms with Crippen molar-refractivity contribution in [3.63, 3.8) is 0 Å². The first-order valence-corrected chi connectivity index (χ1v) is 12.8. The van der Waals surface area contributed by atoms with E-state index in [1.807, 2.05) is 72.8 Å². The molecule has 0 atom stereocenters. The predicted molar refractivity (Wildman–Crippen MR) is 134 cm³/mol. The van der Waals surface area contributed by atoms with Gasteiger partial charge in [-0.2, -0.15) is 0 Å². The summed E-state index contributed by atoms with van der Waals surface area (Å²) < 4.78 is 0. The number of carbonyl (C=O) groups is 2. The normalized spacial score (nSPS) is 11.2. The van der Waals surface area contributed by atoms with Gasteiger partial charge in [0.15, 0.2) is 8.07 Å². The van der Waals surface area contributed by atoms with E-state index in [0.29, 0.717) is 10.4 Å². The molecule has 4 aromatic carbocycles. The lowest BCUT2D eigenvalue weighted by Gasteiger charge is -2.36. The zero-order chi connectivity index (χ0) is 23.6. The second-order valence-corrected chi connectivity index (χ2v) is 11.9. The Labute approximate surface area is 201 Å². The Kier molecular flexibility index (Phi) is 6.38. The van der Waals surface area contributed by atoms with Crippen LogP contribution >= 0.6 is 23.2 Å². The molecule has 33 heavy (non-hydrogen) atoms. The van der Waals surface area contributed by atoms with Crippen molar-refractivity contribution in [2.75, 3.05) is 0 Å². The monoisotopic (exact) mass is 492 g/mol. The van der Waals surface area contributed by atoms with Crippen LogP contribution in [0.2, 0.25) is 10.0 Å². The largest absolute Gasteiger partial charge is 0.478 e. The second kappa shape index (κ2) is 9.23. The molecule has 2 N–H and O–H groups in total. The van der Waals surface area contributed by atoms with Crippen LogP contribution in [0.5, 0.6) is 0 Å². The third kappa shape index (κ3) is 3.84. The second-order valence-electron chi connectivity index (χ2n) is 7.43. The van der Waals surface area contributed by atoms with Crippen molar-refractivity contribution < 1.29 is 19.8 Å². The summed E-state index contributed by atoms with van der Waals surface area (Å²) in [5, 5.41) is 22.8. The lowest BCUT2D eigenvalue weighted by molar-refractivity contribution is 0.0686. The third-order valence-corrected chi connectivity index (χ3v) is 11.7. The van der Waals surface area contributed by atoms with E-state index in [2.05, 4.69) is 0 Å². The first kappa shape index (κ1) is 22.8. The molecule has 0 saturated carbocycles. The maximum atomic E-state index is 11.9. The molecule has 0 aliphatic carbocycles. The summed E-state index contributed by atoms with van der Waals surface area (Å²) in [7, 11) is -3.33. The van der Waals surface area contributed by atoms with Gasteiger partial charge in [-0.1, -0.05) is 108 Å². The number of carboxylic acid groups (broad SMARTS) is 2. The molecule has 0 aromatic heterocycles. The zero-order valence-corrected chi connectivity index (χ0v) is 19.7. The molecule has 4 nitrogen and oxygen atoms in total. The van der Waals surface area contributed by atoms with Gasteiger partial charge in [0.25, 0.3) is 0 Å². The van der Waals surface area contributed by atoms with Crippen molar-refractivity contribution in [3.8, 4) is 0 Å². The average molecular weight is 493 g/mol. The molecule has 0 fully saturated rings. The van der Waals surface area contributed by atoms with E-state index in [4.69, 9.17) is 23.2 Å². The number of hydrogen-bond acceptors (Lipinski definition) is 2. The Balaban J connectivity index is 2.26. The van der Waals surface area contributed by atoms with Crippen LogP contribution in [0.3, 0.4) is 0 Å². The Hall–Kier alpha value is -3.38. The van der Waals surface area contributed by atoms with Crippen molar-refractivity contribution in [2.24, 2.45) is 0 Å². The van der Waals surface area contributed by atoms with Crippen LogP contribution in [0, 0.1) is 0 Å². The summed E-state index contributed by atoms with van der Waals surface area (Å²) >= 11 is 13.6. The highest BCUT2D eigenvalue weighted by Gasteiger charge is 2.45. The molecule has 164 valence electrons. The molecule has 0 bridgehead atoms. The molecule has 0 unspecified atom stereocenters. The SMILES string of the molecule is O=C(O)c1cccc([Si](c2ccccc2)(c2ccccc2)c2cccc(C(=O)O)c2Cl)c1Cl. The Morgan fingerprint density at radius 3 is 1.24 bits per heavy atom. The minimum absolute atomic E-state index is 0.0246. The highest BCUT2D eigenvalue weighted by atomic mass is 35.5. The highest BCUT2D eigenvalue weighted by molar-refractivity contribution is 7.21. The molecular weight excluding hydrogens is 475 g/mol. The molecule has 0 radical (unpaired) electrons. The van der Waals surface area contributed by atoms with Gasteiger partial charge in [-0.3, -0.25) is 0 Å². The maximum Gasteiger partial charge on any atom is 0.337 e. The molecular formula is C26H18Cl2O4Si. The van der Waals surface area contributed by atoms with Crippen LogP contribution in [0.15, 0.2) is 97.1 Å². The number of halogens is 2. The Morgan fingerprint density at radius 1 is 0.545 bits per heavy atom. The average Bonchev–Trinajstić information content (AvgIpc) is 2.82. The summed E-state index contributed by atoms with van der Waals surface area (Å²) in [6, 6.07) is 29.0. The number of aromatic carboxylic acids is 2. The number of hydrogen-bond donors (Lipinski definition) is 2. The van der Waals surface area contributed by atoms with Gasteiger partial charge >= 0.3 is 11.9 Å². The molecule has 4 aromatic rings. The zero-order valence-electron chi connectivity index (χ0n) is 17.2. The van der Waals surface area contributed by atoms with E-state index in [1.54, 1.807) is 12.1 Å². The van der Waals surface area contributed by atoms with Crippen LogP contribution in [-0.2, 0) is 0 Å². The summed E-state index contributed by atoms with van der Waals surface area (Å²) in [6.45, 7) is 0. The van der Waals surface area contributed by atoms with Gasteiger partial charge < -0.3 is 10.2 Å². The van der Waals surface area contributed by atoms with Crippen molar-refractivity contribution in [1.82, 2.24) is 0 Å². The fraction of sp³-hybridized carbons (Fsp3) is 0. The van der Waals surface area contributed by atoms with E-state index < -0.39 is 20.0 Å². The van der Waals surface area contributed by atoms with Crippen molar-refractivity contribution >= 4 is 64.0 Å². The molecule has 0 aliphatic rings. The molecule has 0 heterocycles. The van der Waals surface area contributed by atoms with Crippen LogP contribution in [-0.4, -0.2) is 30.2 Å². The fourth-order valence-electron chi connectivity index (χ4n) is 4.28. The first-order chi connectivity index (χ1) is 15.9. The molecule has 0 amide bonds.